The highest BCUT2D eigenvalue weighted by Gasteiger charge is 2.08. The van der Waals surface area contributed by atoms with E-state index < -0.39 is 0 Å². The molecule has 1 amide bonds. The second kappa shape index (κ2) is 8.19. The number of carbonyl (C=O) groups excluding carboxylic acids is 1. The van der Waals surface area contributed by atoms with Gasteiger partial charge in [0.1, 0.15) is 11.2 Å². The zero-order valence-electron chi connectivity index (χ0n) is 13.2. The number of para-hydroxylation sites is 1. The van der Waals surface area contributed by atoms with E-state index in [0.29, 0.717) is 25.5 Å². The van der Waals surface area contributed by atoms with Gasteiger partial charge in [-0.25, -0.2) is 0 Å². The Labute approximate surface area is 144 Å². The van der Waals surface area contributed by atoms with Crippen LogP contribution >= 0.6 is 11.8 Å². The van der Waals surface area contributed by atoms with Crippen LogP contribution in [-0.2, 0) is 9.53 Å². The van der Waals surface area contributed by atoms with Gasteiger partial charge in [-0.15, -0.1) is 11.8 Å². The lowest BCUT2D eigenvalue weighted by Gasteiger charge is -2.05. The minimum absolute atomic E-state index is 0.00499. The largest absolute Gasteiger partial charge is 0.456 e. The highest BCUT2D eigenvalue weighted by molar-refractivity contribution is 8.00. The minimum Gasteiger partial charge on any atom is -0.456 e. The maximum Gasteiger partial charge on any atom is 0.230 e. The fourth-order valence-corrected chi connectivity index (χ4v) is 3.19. The van der Waals surface area contributed by atoms with Crippen molar-refractivity contribution in [1.82, 2.24) is 5.32 Å². The van der Waals surface area contributed by atoms with Crippen LogP contribution < -0.4 is 5.32 Å². The number of ether oxygens (including phenoxy) is 1. The first-order valence-corrected chi connectivity index (χ1v) is 8.76. The molecule has 0 bridgehead atoms. The van der Waals surface area contributed by atoms with Crippen LogP contribution in [0.1, 0.15) is 0 Å². The van der Waals surface area contributed by atoms with Crippen molar-refractivity contribution < 1.29 is 19.1 Å². The number of rotatable bonds is 8. The van der Waals surface area contributed by atoms with Gasteiger partial charge in [0.25, 0.3) is 0 Å². The Morgan fingerprint density at radius 3 is 2.83 bits per heavy atom. The fourth-order valence-electron chi connectivity index (χ4n) is 2.42. The predicted molar refractivity (Wildman–Crippen MR) is 95.4 cm³/mol. The smallest absolute Gasteiger partial charge is 0.230 e. The summed E-state index contributed by atoms with van der Waals surface area (Å²) >= 11 is 1.49. The molecule has 0 saturated heterocycles. The van der Waals surface area contributed by atoms with E-state index in [1.807, 2.05) is 36.4 Å². The Balaban J connectivity index is 1.57. The normalized spacial score (nSPS) is 11.2. The molecule has 0 aliphatic heterocycles. The molecule has 0 spiro atoms. The molecule has 0 saturated carbocycles. The number of fused-ring (bicyclic) bond motifs is 3. The molecule has 1 heterocycles. The van der Waals surface area contributed by atoms with E-state index in [9.17, 15) is 4.79 Å². The Hall–Kier alpha value is -2.02. The van der Waals surface area contributed by atoms with Gasteiger partial charge in [0.2, 0.25) is 5.91 Å². The highest BCUT2D eigenvalue weighted by Crippen LogP contribution is 2.31. The van der Waals surface area contributed by atoms with E-state index in [1.54, 1.807) is 0 Å². The molecule has 3 rings (SSSR count). The van der Waals surface area contributed by atoms with Crippen molar-refractivity contribution in [3.8, 4) is 0 Å². The Kier molecular flexibility index (Phi) is 5.74. The van der Waals surface area contributed by atoms with Gasteiger partial charge in [-0.1, -0.05) is 18.2 Å². The first-order valence-electron chi connectivity index (χ1n) is 7.77. The van der Waals surface area contributed by atoms with Crippen LogP contribution in [-0.4, -0.2) is 43.1 Å². The zero-order valence-corrected chi connectivity index (χ0v) is 14.0. The van der Waals surface area contributed by atoms with Crippen LogP contribution in [0.2, 0.25) is 0 Å². The minimum atomic E-state index is -0.0373. The predicted octanol–water partition coefficient (Wildman–Crippen LogP) is 2.80. The van der Waals surface area contributed by atoms with Crippen molar-refractivity contribution in [1.29, 1.82) is 0 Å². The molecule has 1 aromatic heterocycles. The summed E-state index contributed by atoms with van der Waals surface area (Å²) < 4.78 is 10.9. The number of aliphatic hydroxyl groups is 1. The molecule has 0 unspecified atom stereocenters. The molecular weight excluding hydrogens is 326 g/mol. The number of furan rings is 1. The van der Waals surface area contributed by atoms with E-state index in [2.05, 4.69) is 11.4 Å². The molecule has 2 aromatic carbocycles. The quantitative estimate of drug-likeness (QED) is 0.485. The number of hydrogen-bond acceptors (Lipinski definition) is 5. The van der Waals surface area contributed by atoms with Crippen molar-refractivity contribution >= 4 is 39.6 Å². The lowest BCUT2D eigenvalue weighted by atomic mass is 10.1. The Morgan fingerprint density at radius 2 is 1.96 bits per heavy atom. The standard InChI is InChI=1S/C18H19NO4S/c20-8-10-22-9-7-19-18(21)12-24-13-5-6-17-15(11-13)14-3-1-2-4-16(14)23-17/h1-6,11,20H,7-10,12H2,(H,19,21). The summed E-state index contributed by atoms with van der Waals surface area (Å²) in [5.74, 6) is 0.311. The first kappa shape index (κ1) is 16.8. The van der Waals surface area contributed by atoms with Gasteiger partial charge >= 0.3 is 0 Å². The first-order chi connectivity index (χ1) is 11.8. The van der Waals surface area contributed by atoms with E-state index >= 15 is 0 Å². The summed E-state index contributed by atoms with van der Waals surface area (Å²) in [4.78, 5) is 12.8. The molecule has 0 aliphatic rings. The van der Waals surface area contributed by atoms with Gasteiger partial charge in [-0.3, -0.25) is 4.79 Å². The third-order valence-electron chi connectivity index (χ3n) is 3.52. The number of nitrogens with one attached hydrogen (secondary N) is 1. The van der Waals surface area contributed by atoms with Crippen molar-refractivity contribution in [3.63, 3.8) is 0 Å². The molecule has 2 N–H and O–H groups in total. The molecule has 0 aliphatic carbocycles. The molecule has 0 radical (unpaired) electrons. The van der Waals surface area contributed by atoms with Gasteiger partial charge in [0, 0.05) is 22.2 Å². The second-order valence-corrected chi connectivity index (χ2v) is 6.28. The molecule has 24 heavy (non-hydrogen) atoms. The molecule has 6 heteroatoms. The van der Waals surface area contributed by atoms with Gasteiger partial charge in [0.15, 0.2) is 0 Å². The number of thioether (sulfide) groups is 1. The van der Waals surface area contributed by atoms with Crippen LogP contribution in [0, 0.1) is 0 Å². The van der Waals surface area contributed by atoms with Crippen LogP contribution in [0.25, 0.3) is 21.9 Å². The molecule has 0 atom stereocenters. The highest BCUT2D eigenvalue weighted by atomic mass is 32.2. The van der Waals surface area contributed by atoms with E-state index in [0.717, 1.165) is 26.8 Å². The average Bonchev–Trinajstić information content (AvgIpc) is 2.98. The monoisotopic (exact) mass is 345 g/mol. The molecular formula is C18H19NO4S. The van der Waals surface area contributed by atoms with Crippen LogP contribution in [0.5, 0.6) is 0 Å². The number of benzene rings is 2. The van der Waals surface area contributed by atoms with Crippen molar-refractivity contribution in [3.05, 3.63) is 42.5 Å². The van der Waals surface area contributed by atoms with Gasteiger partial charge in [-0.05, 0) is 24.3 Å². The summed E-state index contributed by atoms with van der Waals surface area (Å²) in [5.41, 5.74) is 1.72. The van der Waals surface area contributed by atoms with E-state index in [-0.39, 0.29) is 12.5 Å². The average molecular weight is 345 g/mol. The maximum absolute atomic E-state index is 11.8. The third-order valence-corrected chi connectivity index (χ3v) is 4.52. The molecule has 3 aromatic rings. The number of amides is 1. The molecule has 126 valence electrons. The summed E-state index contributed by atoms with van der Waals surface area (Å²) in [6.07, 6.45) is 0. The summed E-state index contributed by atoms with van der Waals surface area (Å²) in [7, 11) is 0. The zero-order chi connectivity index (χ0) is 16.8. The number of carbonyl (C=O) groups is 1. The lowest BCUT2D eigenvalue weighted by Crippen LogP contribution is -2.29. The van der Waals surface area contributed by atoms with Gasteiger partial charge in [0.05, 0.1) is 25.6 Å². The number of hydrogen-bond donors (Lipinski definition) is 2. The van der Waals surface area contributed by atoms with Crippen LogP contribution in [0.4, 0.5) is 0 Å². The lowest BCUT2D eigenvalue weighted by molar-refractivity contribution is -0.118. The summed E-state index contributed by atoms with van der Waals surface area (Å²) in [6, 6.07) is 13.9. The van der Waals surface area contributed by atoms with Gasteiger partial charge < -0.3 is 19.6 Å². The van der Waals surface area contributed by atoms with E-state index in [4.69, 9.17) is 14.3 Å². The van der Waals surface area contributed by atoms with Gasteiger partial charge in [-0.2, -0.15) is 0 Å². The second-order valence-electron chi connectivity index (χ2n) is 5.23. The summed E-state index contributed by atoms with van der Waals surface area (Å²) in [5, 5.41) is 13.5. The maximum atomic E-state index is 11.8. The van der Waals surface area contributed by atoms with E-state index in [1.165, 1.54) is 11.8 Å². The Morgan fingerprint density at radius 1 is 1.12 bits per heavy atom. The van der Waals surface area contributed by atoms with Crippen molar-refractivity contribution in [2.24, 2.45) is 0 Å². The SMILES string of the molecule is O=C(CSc1ccc2oc3ccccc3c2c1)NCCOCCO. The number of aliphatic hydroxyl groups excluding tert-OH is 1. The third kappa shape index (κ3) is 4.08. The topological polar surface area (TPSA) is 71.7 Å². The van der Waals surface area contributed by atoms with Crippen molar-refractivity contribution in [2.45, 2.75) is 4.90 Å². The van der Waals surface area contributed by atoms with Crippen molar-refractivity contribution in [2.75, 3.05) is 32.1 Å². The van der Waals surface area contributed by atoms with Crippen LogP contribution in [0.15, 0.2) is 51.8 Å². The summed E-state index contributed by atoms with van der Waals surface area (Å²) in [6.45, 7) is 1.15. The molecule has 5 nitrogen and oxygen atoms in total. The van der Waals surface area contributed by atoms with Crippen LogP contribution in [0.3, 0.4) is 0 Å². The fraction of sp³-hybridized carbons (Fsp3) is 0.278. The molecule has 0 fully saturated rings. The Bertz CT molecular complexity index is 830.